The maximum Gasteiger partial charge on any atom is 0.251 e. The first-order valence-corrected chi connectivity index (χ1v) is 7.23. The minimum Gasteiger partial charge on any atom is -0.355 e. The number of carbonyl (C=O) groups is 1. The summed E-state index contributed by atoms with van der Waals surface area (Å²) in [5, 5.41) is 6.08. The van der Waals surface area contributed by atoms with Crippen molar-refractivity contribution in [2.24, 2.45) is 5.41 Å². The summed E-state index contributed by atoms with van der Waals surface area (Å²) in [7, 11) is 3.82. The second-order valence-electron chi connectivity index (χ2n) is 6.19. The highest BCUT2D eigenvalue weighted by Gasteiger charge is 2.29. The Hall–Kier alpha value is -1.10. The van der Waals surface area contributed by atoms with Crippen molar-refractivity contribution in [3.8, 4) is 0 Å². The molecule has 21 heavy (non-hydrogen) atoms. The first-order valence-electron chi connectivity index (χ1n) is 7.23. The fourth-order valence-corrected chi connectivity index (χ4v) is 2.93. The van der Waals surface area contributed by atoms with Crippen molar-refractivity contribution in [3.05, 3.63) is 35.4 Å². The molecule has 0 spiro atoms. The topological polar surface area (TPSA) is 44.4 Å². The number of hydrogen-bond donors (Lipinski definition) is 2. The average molecular weight is 312 g/mol. The Labute approximate surface area is 133 Å². The van der Waals surface area contributed by atoms with Crippen LogP contribution in [-0.2, 0) is 6.54 Å². The van der Waals surface area contributed by atoms with Crippen molar-refractivity contribution in [2.75, 3.05) is 33.7 Å². The van der Waals surface area contributed by atoms with Gasteiger partial charge in [-0.3, -0.25) is 4.79 Å². The molecule has 118 valence electrons. The van der Waals surface area contributed by atoms with E-state index in [4.69, 9.17) is 0 Å². The minimum atomic E-state index is -0.0329. The molecule has 1 atom stereocenters. The molecule has 5 heteroatoms. The SMILES string of the molecule is CNC(=O)c1ccc(CN(C)CC2(C)CCNC2)cc1.Cl. The smallest absolute Gasteiger partial charge is 0.251 e. The van der Waals surface area contributed by atoms with Crippen LogP contribution in [0.1, 0.15) is 29.3 Å². The molecule has 1 aliphatic rings. The predicted molar refractivity (Wildman–Crippen MR) is 89.0 cm³/mol. The largest absolute Gasteiger partial charge is 0.355 e. The van der Waals surface area contributed by atoms with E-state index in [1.165, 1.54) is 12.0 Å². The van der Waals surface area contributed by atoms with Crippen LogP contribution < -0.4 is 10.6 Å². The summed E-state index contributed by atoms with van der Waals surface area (Å²) in [5.41, 5.74) is 2.34. The van der Waals surface area contributed by atoms with E-state index in [2.05, 4.69) is 29.5 Å². The maximum atomic E-state index is 11.5. The van der Waals surface area contributed by atoms with E-state index in [1.54, 1.807) is 7.05 Å². The third kappa shape index (κ3) is 4.99. The molecule has 0 saturated carbocycles. The van der Waals surface area contributed by atoms with Gasteiger partial charge in [-0.2, -0.15) is 0 Å². The van der Waals surface area contributed by atoms with Crippen LogP contribution in [0, 0.1) is 5.41 Å². The van der Waals surface area contributed by atoms with Crippen molar-refractivity contribution in [1.29, 1.82) is 0 Å². The van der Waals surface area contributed by atoms with Crippen molar-refractivity contribution in [3.63, 3.8) is 0 Å². The first kappa shape index (κ1) is 18.0. The summed E-state index contributed by atoms with van der Waals surface area (Å²) in [5.74, 6) is -0.0329. The summed E-state index contributed by atoms with van der Waals surface area (Å²) in [6, 6.07) is 7.86. The van der Waals surface area contributed by atoms with E-state index in [0.717, 1.165) is 26.2 Å². The van der Waals surface area contributed by atoms with E-state index in [0.29, 0.717) is 11.0 Å². The summed E-state index contributed by atoms with van der Waals surface area (Å²) >= 11 is 0. The Balaban J connectivity index is 0.00000220. The Kier molecular flexibility index (Phi) is 6.65. The van der Waals surface area contributed by atoms with E-state index in [9.17, 15) is 4.79 Å². The van der Waals surface area contributed by atoms with Crippen LogP contribution in [0.5, 0.6) is 0 Å². The van der Waals surface area contributed by atoms with Crippen LogP contribution >= 0.6 is 12.4 Å². The second kappa shape index (κ2) is 7.78. The van der Waals surface area contributed by atoms with Crippen LogP contribution in [-0.4, -0.2) is 44.5 Å². The van der Waals surface area contributed by atoms with Gasteiger partial charge >= 0.3 is 0 Å². The molecule has 0 aliphatic carbocycles. The molecule has 1 heterocycles. The number of nitrogens with zero attached hydrogens (tertiary/aromatic N) is 1. The average Bonchev–Trinajstić information content (AvgIpc) is 2.84. The fourth-order valence-electron chi connectivity index (χ4n) is 2.93. The Bertz CT molecular complexity index is 455. The van der Waals surface area contributed by atoms with Crippen LogP contribution in [0.3, 0.4) is 0 Å². The van der Waals surface area contributed by atoms with Gasteiger partial charge in [0.1, 0.15) is 0 Å². The molecular formula is C16H26ClN3O. The van der Waals surface area contributed by atoms with Crippen LogP contribution in [0.25, 0.3) is 0 Å². The number of amides is 1. The number of halogens is 1. The third-order valence-electron chi connectivity index (χ3n) is 4.00. The second-order valence-corrected chi connectivity index (χ2v) is 6.19. The van der Waals surface area contributed by atoms with Gasteiger partial charge in [-0.15, -0.1) is 12.4 Å². The number of carbonyl (C=O) groups excluding carboxylic acids is 1. The lowest BCUT2D eigenvalue weighted by molar-refractivity contribution is 0.0963. The van der Waals surface area contributed by atoms with Gasteiger partial charge in [0.25, 0.3) is 5.91 Å². The maximum absolute atomic E-state index is 11.5. The van der Waals surface area contributed by atoms with E-state index in [1.807, 2.05) is 24.3 Å². The van der Waals surface area contributed by atoms with Crippen molar-refractivity contribution >= 4 is 18.3 Å². The summed E-state index contributed by atoms with van der Waals surface area (Å²) in [6.07, 6.45) is 1.24. The van der Waals surface area contributed by atoms with Crippen LogP contribution in [0.2, 0.25) is 0 Å². The number of nitrogens with one attached hydrogen (secondary N) is 2. The summed E-state index contributed by atoms with van der Waals surface area (Å²) < 4.78 is 0. The number of hydrogen-bond acceptors (Lipinski definition) is 3. The van der Waals surface area contributed by atoms with E-state index < -0.39 is 0 Å². The third-order valence-corrected chi connectivity index (χ3v) is 4.00. The first-order chi connectivity index (χ1) is 9.52. The van der Waals surface area contributed by atoms with Crippen molar-refractivity contribution in [2.45, 2.75) is 19.9 Å². The summed E-state index contributed by atoms with van der Waals surface area (Å²) in [6.45, 7) is 6.59. The van der Waals surface area contributed by atoms with Crippen molar-refractivity contribution in [1.82, 2.24) is 15.5 Å². The predicted octanol–water partition coefficient (Wildman–Crippen LogP) is 1.90. The van der Waals surface area contributed by atoms with Gasteiger partial charge in [0.2, 0.25) is 0 Å². The molecule has 1 aromatic rings. The molecular weight excluding hydrogens is 286 g/mol. The molecule has 0 radical (unpaired) electrons. The Morgan fingerprint density at radius 2 is 2.05 bits per heavy atom. The Morgan fingerprint density at radius 1 is 1.38 bits per heavy atom. The molecule has 1 saturated heterocycles. The molecule has 2 N–H and O–H groups in total. The van der Waals surface area contributed by atoms with E-state index in [-0.39, 0.29) is 18.3 Å². The molecule has 2 rings (SSSR count). The standard InChI is InChI=1S/C16H25N3O.ClH/c1-16(8-9-18-11-16)12-19(3)10-13-4-6-14(7-5-13)15(20)17-2;/h4-7,18H,8-12H2,1-3H3,(H,17,20);1H. The Morgan fingerprint density at radius 3 is 2.57 bits per heavy atom. The normalized spacial score (nSPS) is 21.1. The van der Waals surface area contributed by atoms with Crippen molar-refractivity contribution < 1.29 is 4.79 Å². The molecule has 4 nitrogen and oxygen atoms in total. The quantitative estimate of drug-likeness (QED) is 0.873. The van der Waals surface area contributed by atoms with Crippen LogP contribution in [0.4, 0.5) is 0 Å². The highest BCUT2D eigenvalue weighted by Crippen LogP contribution is 2.25. The van der Waals surface area contributed by atoms with Gasteiger partial charge in [-0.25, -0.2) is 0 Å². The lowest BCUT2D eigenvalue weighted by Gasteiger charge is -2.29. The summed E-state index contributed by atoms with van der Waals surface area (Å²) in [4.78, 5) is 13.9. The monoisotopic (exact) mass is 311 g/mol. The fraction of sp³-hybridized carbons (Fsp3) is 0.562. The molecule has 1 unspecified atom stereocenters. The van der Waals surface area contributed by atoms with Gasteiger partial charge < -0.3 is 15.5 Å². The molecule has 0 bridgehead atoms. The van der Waals surface area contributed by atoms with Gasteiger partial charge in [0.05, 0.1) is 0 Å². The molecule has 1 fully saturated rings. The van der Waals surface area contributed by atoms with Gasteiger partial charge in [-0.1, -0.05) is 19.1 Å². The van der Waals surface area contributed by atoms with Gasteiger partial charge in [0.15, 0.2) is 0 Å². The zero-order chi connectivity index (χ0) is 14.6. The number of benzene rings is 1. The molecule has 1 aromatic carbocycles. The molecule has 1 amide bonds. The lowest BCUT2D eigenvalue weighted by Crippen LogP contribution is -2.34. The minimum absolute atomic E-state index is 0. The van der Waals surface area contributed by atoms with Crippen LogP contribution in [0.15, 0.2) is 24.3 Å². The van der Waals surface area contributed by atoms with Gasteiger partial charge in [0, 0.05) is 32.2 Å². The number of rotatable bonds is 5. The van der Waals surface area contributed by atoms with E-state index >= 15 is 0 Å². The zero-order valence-corrected chi connectivity index (χ0v) is 13.9. The zero-order valence-electron chi connectivity index (χ0n) is 13.1. The highest BCUT2D eigenvalue weighted by atomic mass is 35.5. The highest BCUT2D eigenvalue weighted by molar-refractivity contribution is 5.93. The molecule has 1 aliphatic heterocycles. The molecule has 0 aromatic heterocycles. The lowest BCUT2D eigenvalue weighted by atomic mass is 9.89. The van der Waals surface area contributed by atoms with Gasteiger partial charge in [-0.05, 0) is 43.1 Å².